The van der Waals surface area contributed by atoms with E-state index < -0.39 is 76.7 Å². The minimum atomic E-state index is -4.28. The smallest absolute Gasteiger partial charge is 0.306 e. The van der Waals surface area contributed by atoms with Crippen molar-refractivity contribution in [1.29, 1.82) is 0 Å². The third-order valence-corrected chi connectivity index (χ3v) is 7.69. The van der Waals surface area contributed by atoms with Crippen LogP contribution < -0.4 is 10.6 Å². The zero-order chi connectivity index (χ0) is 38.8. The number of imide groups is 1. The summed E-state index contributed by atoms with van der Waals surface area (Å²) in [6, 6.07) is 3.94. The summed E-state index contributed by atoms with van der Waals surface area (Å²) < 4.78 is 20.4. The fourth-order valence-electron chi connectivity index (χ4n) is 5.16. The van der Waals surface area contributed by atoms with Crippen LogP contribution in [0.25, 0.3) is 0 Å². The van der Waals surface area contributed by atoms with Gasteiger partial charge in [-0.1, -0.05) is 61.5 Å². The van der Waals surface area contributed by atoms with Crippen molar-refractivity contribution < 1.29 is 64.4 Å². The van der Waals surface area contributed by atoms with Gasteiger partial charge >= 0.3 is 5.79 Å². The van der Waals surface area contributed by atoms with Gasteiger partial charge in [-0.25, -0.2) is 4.39 Å². The van der Waals surface area contributed by atoms with Gasteiger partial charge in [-0.05, 0) is 12.1 Å². The third-order valence-electron chi connectivity index (χ3n) is 7.69. The van der Waals surface area contributed by atoms with Gasteiger partial charge in [-0.2, -0.15) is 0 Å². The van der Waals surface area contributed by atoms with Gasteiger partial charge in [0.15, 0.2) is 23.1 Å². The van der Waals surface area contributed by atoms with Crippen LogP contribution in [0, 0.1) is 5.82 Å². The highest BCUT2D eigenvalue weighted by molar-refractivity contribution is 6.10. The molecular weight excluding hydrogens is 663 g/mol. The van der Waals surface area contributed by atoms with Gasteiger partial charge in [0.1, 0.15) is 0 Å². The molecule has 16 nitrogen and oxygen atoms in total. The average Bonchev–Trinajstić information content (AvgIpc) is 3.49. The predicted molar refractivity (Wildman–Crippen MR) is 179 cm³/mol. The number of aromatic hydroxyl groups is 3. The van der Waals surface area contributed by atoms with Crippen molar-refractivity contribution in [3.05, 3.63) is 46.3 Å². The zero-order valence-corrected chi connectivity index (χ0v) is 29.7. The molecule has 0 spiro atoms. The first-order chi connectivity index (χ1) is 23.6. The van der Waals surface area contributed by atoms with Crippen LogP contribution in [0.5, 0.6) is 17.2 Å². The molecule has 17 heteroatoms. The minimum Gasteiger partial charge on any atom is -0.504 e. The summed E-state index contributed by atoms with van der Waals surface area (Å²) in [6.45, 7) is 16.3. The molecule has 0 aromatic heterocycles. The Hall–Kier alpha value is -4.10. The van der Waals surface area contributed by atoms with Crippen LogP contribution in [0.2, 0.25) is 0 Å². The molecule has 0 bridgehead atoms. The summed E-state index contributed by atoms with van der Waals surface area (Å²) in [5, 5.41) is 87.3. The Morgan fingerprint density at radius 1 is 0.820 bits per heavy atom. The molecule has 0 aliphatic carbocycles. The molecular formula is C33H51FN4O12. The van der Waals surface area contributed by atoms with Crippen LogP contribution in [0.4, 0.5) is 10.1 Å². The van der Waals surface area contributed by atoms with Crippen molar-refractivity contribution in [3.63, 3.8) is 0 Å². The molecule has 1 atom stereocenters. The average molecular weight is 715 g/mol. The van der Waals surface area contributed by atoms with Crippen molar-refractivity contribution in [2.45, 2.75) is 92.3 Å². The molecule has 2 aromatic carbocycles. The number of hydrogen-bond donors (Lipinski definition) is 10. The monoisotopic (exact) mass is 714 g/mol. The number of fused-ring (bicyclic) bond motifs is 1. The van der Waals surface area contributed by atoms with E-state index in [-0.39, 0.29) is 33.8 Å². The van der Waals surface area contributed by atoms with E-state index in [2.05, 4.69) is 5.32 Å². The van der Waals surface area contributed by atoms with E-state index in [9.17, 15) is 55.2 Å². The molecule has 50 heavy (non-hydrogen) atoms. The molecule has 0 radical (unpaired) electrons. The number of phenols is 3. The topological polar surface area (TPSA) is 253 Å². The lowest BCUT2D eigenvalue weighted by Gasteiger charge is -2.50. The lowest BCUT2D eigenvalue weighted by atomic mass is 9.86. The number of phenolic OH excluding ortho intramolecular Hbond substituents is 3. The third kappa shape index (κ3) is 7.63. The number of morpholine rings is 1. The van der Waals surface area contributed by atoms with E-state index >= 15 is 4.39 Å². The number of carbonyl (C=O) groups excluding carboxylic acids is 3. The van der Waals surface area contributed by atoms with E-state index in [4.69, 9.17) is 4.74 Å². The highest BCUT2D eigenvalue weighted by atomic mass is 19.1. The Morgan fingerprint density at radius 3 is 1.92 bits per heavy atom. The first-order valence-corrected chi connectivity index (χ1v) is 16.5. The second-order valence-corrected chi connectivity index (χ2v) is 10.1. The Kier molecular flexibility index (Phi) is 16.0. The molecule has 5 rings (SSSR count). The summed E-state index contributed by atoms with van der Waals surface area (Å²) in [7, 11) is 0. The van der Waals surface area contributed by atoms with Crippen molar-refractivity contribution in [2.75, 3.05) is 31.6 Å². The number of halogens is 1. The number of benzene rings is 2. The van der Waals surface area contributed by atoms with Crippen molar-refractivity contribution in [3.8, 4) is 17.2 Å². The molecule has 3 amide bonds. The predicted octanol–water partition coefficient (Wildman–Crippen LogP) is 1.15. The zero-order valence-electron chi connectivity index (χ0n) is 29.7. The van der Waals surface area contributed by atoms with Gasteiger partial charge in [0.05, 0.1) is 30.9 Å². The Morgan fingerprint density at radius 2 is 1.36 bits per heavy atom. The van der Waals surface area contributed by atoms with Crippen molar-refractivity contribution >= 4 is 23.4 Å². The number of nitrogens with one attached hydrogen (secondary N) is 2. The van der Waals surface area contributed by atoms with Gasteiger partial charge in [-0.3, -0.25) is 29.5 Å². The van der Waals surface area contributed by atoms with E-state index in [1.165, 1.54) is 23.5 Å². The maximum Gasteiger partial charge on any atom is 0.306 e. The van der Waals surface area contributed by atoms with E-state index in [0.29, 0.717) is 26.3 Å². The van der Waals surface area contributed by atoms with Crippen molar-refractivity contribution in [1.82, 2.24) is 15.1 Å². The SMILES string of the molecule is CC.CC.CC.CC.O=C1c2cccc(NCc3c(O)c(O)c(CN4CCOCC4)c(O)c3F)c2CN1C1(O)C(=O)NC(=O)C(O)(O)C1(O)O. The normalized spacial score (nSPS) is 20.3. The number of ether oxygens (including phenoxy) is 1. The van der Waals surface area contributed by atoms with Crippen molar-refractivity contribution in [2.24, 2.45) is 0 Å². The Balaban J connectivity index is 0.00000146. The van der Waals surface area contributed by atoms with Crippen LogP contribution >= 0.6 is 0 Å². The molecule has 0 saturated carbocycles. The van der Waals surface area contributed by atoms with E-state index in [0.717, 1.165) is 0 Å². The number of amides is 3. The van der Waals surface area contributed by atoms with Gasteiger partial charge in [0.2, 0.25) is 0 Å². The highest BCUT2D eigenvalue weighted by Crippen LogP contribution is 2.44. The molecule has 2 saturated heterocycles. The molecule has 3 aliphatic heterocycles. The van der Waals surface area contributed by atoms with Crippen LogP contribution in [0.1, 0.15) is 82.4 Å². The molecule has 2 fully saturated rings. The molecule has 3 aliphatic rings. The Labute approximate surface area is 290 Å². The lowest BCUT2D eigenvalue weighted by molar-refractivity contribution is -0.407. The molecule has 2 aromatic rings. The number of carbonyl (C=O) groups is 3. The highest BCUT2D eigenvalue weighted by Gasteiger charge is 2.76. The summed E-state index contributed by atoms with van der Waals surface area (Å²) in [5.74, 6) is -17.1. The van der Waals surface area contributed by atoms with Gasteiger partial charge in [-0.15, -0.1) is 0 Å². The summed E-state index contributed by atoms with van der Waals surface area (Å²) >= 11 is 0. The first-order valence-electron chi connectivity index (χ1n) is 16.5. The number of nitrogens with zero attached hydrogens (tertiary/aromatic N) is 2. The first kappa shape index (κ1) is 43.9. The second-order valence-electron chi connectivity index (χ2n) is 10.1. The fraction of sp³-hybridized carbons (Fsp3) is 0.545. The van der Waals surface area contributed by atoms with Gasteiger partial charge < -0.3 is 50.9 Å². The molecule has 282 valence electrons. The number of anilines is 1. The summed E-state index contributed by atoms with van der Waals surface area (Å²) in [4.78, 5) is 39.5. The molecule has 1 unspecified atom stereocenters. The number of hydrogen-bond acceptors (Lipinski definition) is 14. The fourth-order valence-corrected chi connectivity index (χ4v) is 5.16. The number of rotatable bonds is 6. The van der Waals surface area contributed by atoms with E-state index in [1.807, 2.05) is 55.4 Å². The maximum atomic E-state index is 15.2. The summed E-state index contributed by atoms with van der Waals surface area (Å²) in [6.07, 6.45) is 0. The van der Waals surface area contributed by atoms with Gasteiger partial charge in [0.25, 0.3) is 29.2 Å². The van der Waals surface area contributed by atoms with Gasteiger partial charge in [0, 0.05) is 43.0 Å². The maximum absolute atomic E-state index is 15.2. The number of piperidine rings is 1. The standard InChI is InChI=1S/C25H27FN4O12.4C2H6/c26-16-12(18(32)19(33)14(17(16)31)9-29-4-6-42-7-5-29)8-27-15-3-1-2-11-13(15)10-30(20(11)34)23(37)21(35)28-22(36)24(38,39)25(23,40)41;4*1-2/h1-3,27,31-33,37-41H,4-10H2,(H,28,35,36);4*1-2H3. The van der Waals surface area contributed by atoms with E-state index in [1.54, 1.807) is 4.90 Å². The molecule has 3 heterocycles. The lowest BCUT2D eigenvalue weighted by Crippen LogP contribution is -2.85. The minimum absolute atomic E-state index is 0.00943. The largest absolute Gasteiger partial charge is 0.504 e. The summed E-state index contributed by atoms with van der Waals surface area (Å²) in [5.41, 5.74) is -4.67. The molecule has 10 N–H and O–H groups in total. The number of aliphatic hydroxyl groups is 5. The second kappa shape index (κ2) is 18.2. The van der Waals surface area contributed by atoms with Crippen LogP contribution in [0.3, 0.4) is 0 Å². The Bertz CT molecular complexity index is 1470. The quantitative estimate of drug-likeness (QED) is 0.0873. The van der Waals surface area contributed by atoms with Crippen LogP contribution in [-0.2, 0) is 34.0 Å². The van der Waals surface area contributed by atoms with Crippen LogP contribution in [0.15, 0.2) is 18.2 Å². The van der Waals surface area contributed by atoms with Crippen LogP contribution in [-0.4, -0.2) is 112 Å².